The average Bonchev–Trinajstić information content (AvgIpc) is 2.94. The summed E-state index contributed by atoms with van der Waals surface area (Å²) in [5, 5.41) is 6.00. The third kappa shape index (κ3) is 2.87. The molecule has 0 aliphatic rings. The number of aromatic nitrogens is 1. The van der Waals surface area contributed by atoms with Gasteiger partial charge in [-0.1, -0.05) is 19.9 Å². The number of carbonyl (C=O) groups is 1. The maximum Gasteiger partial charge on any atom is 0.255 e. The minimum atomic E-state index is -0.553. The Kier molecular flexibility index (Phi) is 4.06. The smallest absolute Gasteiger partial charge is 0.255 e. The normalized spacial score (nSPS) is 12.6. The quantitative estimate of drug-likeness (QED) is 0.790. The van der Waals surface area contributed by atoms with Crippen molar-refractivity contribution in [2.24, 2.45) is 11.7 Å². The van der Waals surface area contributed by atoms with Crippen molar-refractivity contribution in [3.63, 3.8) is 0 Å². The standard InChI is InChI=1S/C12H16N4OS2/c1-6(2)9(7-4-3-5-18-7)15-12-8(11(14)17)10(13)16-19-12/h3-6,9,15H,1-2H3,(H2,13,16)(H2,14,17). The van der Waals surface area contributed by atoms with Crippen LogP contribution in [0.25, 0.3) is 0 Å². The largest absolute Gasteiger partial charge is 0.382 e. The first-order chi connectivity index (χ1) is 9.00. The highest BCUT2D eigenvalue weighted by Crippen LogP contribution is 2.34. The number of nitrogens with two attached hydrogens (primary N) is 2. The lowest BCUT2D eigenvalue weighted by molar-refractivity contribution is 0.100. The van der Waals surface area contributed by atoms with Crippen LogP contribution >= 0.6 is 22.9 Å². The molecule has 7 heteroatoms. The van der Waals surface area contributed by atoms with Crippen molar-refractivity contribution in [1.82, 2.24) is 4.37 Å². The molecule has 2 aromatic heterocycles. The number of anilines is 2. The van der Waals surface area contributed by atoms with Gasteiger partial charge in [0.05, 0.1) is 6.04 Å². The molecular formula is C12H16N4OS2. The summed E-state index contributed by atoms with van der Waals surface area (Å²) in [6.07, 6.45) is 0. The lowest BCUT2D eigenvalue weighted by atomic mass is 10.0. The summed E-state index contributed by atoms with van der Waals surface area (Å²) in [4.78, 5) is 12.6. The summed E-state index contributed by atoms with van der Waals surface area (Å²) in [6.45, 7) is 4.23. The van der Waals surface area contributed by atoms with Gasteiger partial charge in [0.2, 0.25) is 0 Å². The summed E-state index contributed by atoms with van der Waals surface area (Å²) >= 11 is 2.84. The fraction of sp³-hybridized carbons (Fsp3) is 0.333. The van der Waals surface area contributed by atoms with E-state index in [1.165, 1.54) is 16.4 Å². The first kappa shape index (κ1) is 13.8. The summed E-state index contributed by atoms with van der Waals surface area (Å²) in [6, 6.07) is 4.18. The van der Waals surface area contributed by atoms with E-state index in [2.05, 4.69) is 29.6 Å². The zero-order valence-electron chi connectivity index (χ0n) is 10.7. The zero-order valence-corrected chi connectivity index (χ0v) is 12.3. The number of carbonyl (C=O) groups excluding carboxylic acids is 1. The molecule has 0 aliphatic carbocycles. The van der Waals surface area contributed by atoms with E-state index in [9.17, 15) is 4.79 Å². The highest BCUT2D eigenvalue weighted by Gasteiger charge is 2.22. The van der Waals surface area contributed by atoms with Gasteiger partial charge in [0, 0.05) is 4.88 Å². The molecule has 2 rings (SSSR count). The van der Waals surface area contributed by atoms with Crippen molar-refractivity contribution in [1.29, 1.82) is 0 Å². The zero-order chi connectivity index (χ0) is 14.0. The lowest BCUT2D eigenvalue weighted by Crippen LogP contribution is -2.19. The van der Waals surface area contributed by atoms with Crippen LogP contribution in [-0.4, -0.2) is 10.3 Å². The van der Waals surface area contributed by atoms with Crippen LogP contribution in [0.2, 0.25) is 0 Å². The topological polar surface area (TPSA) is 94.0 Å². The van der Waals surface area contributed by atoms with Crippen molar-refractivity contribution in [2.45, 2.75) is 19.9 Å². The van der Waals surface area contributed by atoms with Gasteiger partial charge in [0.1, 0.15) is 10.6 Å². The molecule has 5 nitrogen and oxygen atoms in total. The summed E-state index contributed by atoms with van der Waals surface area (Å²) in [7, 11) is 0. The molecule has 0 radical (unpaired) electrons. The van der Waals surface area contributed by atoms with Gasteiger partial charge >= 0.3 is 0 Å². The van der Waals surface area contributed by atoms with E-state index in [4.69, 9.17) is 11.5 Å². The van der Waals surface area contributed by atoms with Crippen molar-refractivity contribution in [2.75, 3.05) is 11.1 Å². The number of thiophene rings is 1. The molecule has 19 heavy (non-hydrogen) atoms. The molecule has 1 amide bonds. The Morgan fingerprint density at radius 1 is 1.47 bits per heavy atom. The van der Waals surface area contributed by atoms with Gasteiger partial charge in [-0.25, -0.2) is 0 Å². The summed E-state index contributed by atoms with van der Waals surface area (Å²) < 4.78 is 3.99. The fourth-order valence-corrected chi connectivity index (χ4v) is 3.52. The summed E-state index contributed by atoms with van der Waals surface area (Å²) in [5.41, 5.74) is 11.3. The second kappa shape index (κ2) is 5.58. The number of nitrogens with one attached hydrogen (secondary N) is 1. The number of hydrogen-bond acceptors (Lipinski definition) is 6. The molecule has 0 spiro atoms. The molecule has 2 aromatic rings. The molecule has 0 bridgehead atoms. The lowest BCUT2D eigenvalue weighted by Gasteiger charge is -2.21. The molecule has 0 saturated carbocycles. The molecule has 0 saturated heterocycles. The number of primary amides is 1. The third-order valence-corrected chi connectivity index (χ3v) is 4.52. The Morgan fingerprint density at radius 2 is 2.21 bits per heavy atom. The van der Waals surface area contributed by atoms with Crippen LogP contribution in [0.5, 0.6) is 0 Å². The third-order valence-electron chi connectivity index (χ3n) is 2.77. The minimum Gasteiger partial charge on any atom is -0.382 e. The van der Waals surface area contributed by atoms with E-state index in [0.29, 0.717) is 10.9 Å². The predicted molar refractivity (Wildman–Crippen MR) is 80.6 cm³/mol. The van der Waals surface area contributed by atoms with Gasteiger partial charge in [-0.3, -0.25) is 4.79 Å². The van der Waals surface area contributed by atoms with Gasteiger partial charge in [-0.2, -0.15) is 4.37 Å². The molecule has 0 aliphatic heterocycles. The van der Waals surface area contributed by atoms with Crippen molar-refractivity contribution in [3.8, 4) is 0 Å². The van der Waals surface area contributed by atoms with Gasteiger partial charge in [-0.05, 0) is 28.9 Å². The highest BCUT2D eigenvalue weighted by atomic mass is 32.1. The Morgan fingerprint density at radius 3 is 2.74 bits per heavy atom. The molecule has 2 heterocycles. The maximum atomic E-state index is 11.4. The molecule has 0 aromatic carbocycles. The van der Waals surface area contributed by atoms with Gasteiger partial charge in [-0.15, -0.1) is 11.3 Å². The number of amides is 1. The highest BCUT2D eigenvalue weighted by molar-refractivity contribution is 7.11. The molecule has 5 N–H and O–H groups in total. The van der Waals surface area contributed by atoms with E-state index >= 15 is 0 Å². The first-order valence-electron chi connectivity index (χ1n) is 5.85. The van der Waals surface area contributed by atoms with Crippen molar-refractivity contribution < 1.29 is 4.79 Å². The molecule has 102 valence electrons. The number of nitrogen functional groups attached to an aromatic ring is 1. The van der Waals surface area contributed by atoms with Crippen LogP contribution in [0, 0.1) is 5.92 Å². The second-order valence-corrected chi connectivity index (χ2v) is 6.27. The minimum absolute atomic E-state index is 0.109. The predicted octanol–water partition coefficient (Wildman–Crippen LogP) is 2.69. The SMILES string of the molecule is CC(C)C(Nc1snc(N)c1C(N)=O)c1cccs1. The monoisotopic (exact) mass is 296 g/mol. The van der Waals surface area contributed by atoms with E-state index in [0.717, 1.165) is 0 Å². The van der Waals surface area contributed by atoms with Crippen molar-refractivity contribution in [3.05, 3.63) is 28.0 Å². The van der Waals surface area contributed by atoms with Crippen LogP contribution in [-0.2, 0) is 0 Å². The Hall–Kier alpha value is -1.60. The van der Waals surface area contributed by atoms with E-state index < -0.39 is 5.91 Å². The van der Waals surface area contributed by atoms with Gasteiger partial charge in [0.25, 0.3) is 5.91 Å². The van der Waals surface area contributed by atoms with Crippen LogP contribution < -0.4 is 16.8 Å². The Balaban J connectivity index is 2.30. The molecule has 0 fully saturated rings. The van der Waals surface area contributed by atoms with Crippen LogP contribution in [0.15, 0.2) is 17.5 Å². The fourth-order valence-electron chi connectivity index (χ4n) is 1.81. The maximum absolute atomic E-state index is 11.4. The Bertz CT molecular complexity index is 562. The number of rotatable bonds is 5. The summed E-state index contributed by atoms with van der Waals surface area (Å²) in [5.74, 6) is -0.00109. The number of hydrogen-bond donors (Lipinski definition) is 3. The second-order valence-electron chi connectivity index (χ2n) is 4.52. The van der Waals surface area contributed by atoms with Gasteiger partial charge in [0.15, 0.2) is 5.82 Å². The molecular weight excluding hydrogens is 280 g/mol. The molecule has 1 unspecified atom stereocenters. The average molecular weight is 296 g/mol. The molecule has 1 atom stereocenters. The first-order valence-corrected chi connectivity index (χ1v) is 7.51. The van der Waals surface area contributed by atoms with Gasteiger partial charge < -0.3 is 16.8 Å². The van der Waals surface area contributed by atoms with Crippen LogP contribution in [0.4, 0.5) is 10.8 Å². The van der Waals surface area contributed by atoms with Crippen molar-refractivity contribution >= 4 is 39.6 Å². The van der Waals surface area contributed by atoms with Crippen LogP contribution in [0.3, 0.4) is 0 Å². The number of nitrogens with zero attached hydrogens (tertiary/aromatic N) is 1. The van der Waals surface area contributed by atoms with E-state index in [1.54, 1.807) is 11.3 Å². The van der Waals surface area contributed by atoms with E-state index in [1.807, 2.05) is 11.4 Å². The van der Waals surface area contributed by atoms with Crippen LogP contribution in [0.1, 0.15) is 35.1 Å². The Labute approximate surface area is 119 Å². The van der Waals surface area contributed by atoms with E-state index in [-0.39, 0.29) is 17.4 Å².